The molecule has 2 saturated heterocycles. The van der Waals surface area contributed by atoms with Crippen LogP contribution < -0.4 is 5.73 Å². The lowest BCUT2D eigenvalue weighted by Gasteiger charge is -2.81. The van der Waals surface area contributed by atoms with Crippen molar-refractivity contribution in [2.75, 3.05) is 19.6 Å². The van der Waals surface area contributed by atoms with Crippen LogP contribution in [0.2, 0.25) is 0 Å². The maximum absolute atomic E-state index is 11.9. The molecule has 0 aromatic rings. The van der Waals surface area contributed by atoms with Gasteiger partial charge < -0.3 is 20.6 Å². The highest BCUT2D eigenvalue weighted by Crippen LogP contribution is 2.70. The van der Waals surface area contributed by atoms with Crippen molar-refractivity contribution in [2.24, 2.45) is 22.0 Å². The van der Waals surface area contributed by atoms with Crippen LogP contribution in [-0.2, 0) is 13.9 Å². The molecule has 2 heterocycles. The molecule has 0 aromatic carbocycles. The number of hydrogen-bond donors (Lipinski definition) is 4. The van der Waals surface area contributed by atoms with Crippen molar-refractivity contribution in [2.45, 2.75) is 59.1 Å². The Hall–Kier alpha value is -0.500. The normalized spacial score (nSPS) is 38.3. The maximum atomic E-state index is 11.9. The van der Waals surface area contributed by atoms with E-state index in [0.29, 0.717) is 13.0 Å². The first kappa shape index (κ1) is 20.8. The first-order valence-corrected chi connectivity index (χ1v) is 9.96. The molecule has 0 radical (unpaired) electrons. The van der Waals surface area contributed by atoms with Gasteiger partial charge in [0.1, 0.15) is 0 Å². The molecule has 0 aromatic heterocycles. The highest BCUT2D eigenvalue weighted by molar-refractivity contribution is 7.46. The molecule has 0 aliphatic carbocycles. The number of carboxylic acid groups (broad SMARTS) is 1. The molecular formula is C16H31N2O6P. The van der Waals surface area contributed by atoms with Crippen LogP contribution in [0.5, 0.6) is 0 Å². The number of rotatable bonds is 7. The van der Waals surface area contributed by atoms with E-state index in [-0.39, 0.29) is 12.0 Å². The number of nitrogens with zero attached hydrogens (tertiary/aromatic N) is 1. The summed E-state index contributed by atoms with van der Waals surface area (Å²) >= 11 is 0. The van der Waals surface area contributed by atoms with E-state index in [1.54, 1.807) is 13.8 Å². The highest BCUT2D eigenvalue weighted by atomic mass is 31.2. The molecule has 2 fully saturated rings. The smallest absolute Gasteiger partial charge is 0.470 e. The van der Waals surface area contributed by atoms with Gasteiger partial charge in [0.25, 0.3) is 0 Å². The maximum Gasteiger partial charge on any atom is 0.470 e. The summed E-state index contributed by atoms with van der Waals surface area (Å²) in [5, 5.41) is 9.73. The lowest BCUT2D eigenvalue weighted by atomic mass is 9.38. The minimum Gasteiger partial charge on any atom is -0.481 e. The molecule has 4 unspecified atom stereocenters. The molecular weight excluding hydrogens is 347 g/mol. The van der Waals surface area contributed by atoms with Gasteiger partial charge in [-0.2, -0.15) is 0 Å². The van der Waals surface area contributed by atoms with Crippen molar-refractivity contribution in [1.82, 2.24) is 4.90 Å². The standard InChI is InChI=1S/C16H31N2O6P/c1-12(2,7-13(3,8-17)24-25(21,22)23)15(5)10-18-9-14(4,11(19)20)16(15,18)6/h7-10,17H2,1-6H3,(H,19,20)(H2,21,22,23). The molecule has 4 atom stereocenters. The van der Waals surface area contributed by atoms with E-state index >= 15 is 0 Å². The lowest BCUT2D eigenvalue weighted by molar-refractivity contribution is -0.324. The molecule has 25 heavy (non-hydrogen) atoms. The summed E-state index contributed by atoms with van der Waals surface area (Å²) in [5.74, 6) is -0.818. The number of carbonyl (C=O) groups is 1. The number of phosphoric acid groups is 1. The van der Waals surface area contributed by atoms with E-state index in [9.17, 15) is 24.3 Å². The Balaban J connectivity index is 2.33. The zero-order chi connectivity index (χ0) is 19.7. The fraction of sp³-hybridized carbons (Fsp3) is 0.938. The number of carboxylic acids is 1. The van der Waals surface area contributed by atoms with E-state index < -0.39 is 35.8 Å². The number of piperidine rings is 1. The van der Waals surface area contributed by atoms with Gasteiger partial charge in [-0.3, -0.25) is 14.2 Å². The molecule has 0 bridgehead atoms. The highest BCUT2D eigenvalue weighted by Gasteiger charge is 2.79. The zero-order valence-electron chi connectivity index (χ0n) is 15.9. The van der Waals surface area contributed by atoms with Gasteiger partial charge in [0, 0.05) is 30.6 Å². The van der Waals surface area contributed by atoms with Gasteiger partial charge in [0.05, 0.1) is 11.0 Å². The van der Waals surface area contributed by atoms with Crippen molar-refractivity contribution in [3.8, 4) is 0 Å². The van der Waals surface area contributed by atoms with Crippen molar-refractivity contribution < 1.29 is 28.8 Å². The van der Waals surface area contributed by atoms with E-state index in [4.69, 9.17) is 10.3 Å². The summed E-state index contributed by atoms with van der Waals surface area (Å²) in [7, 11) is -4.69. The van der Waals surface area contributed by atoms with Gasteiger partial charge in [-0.1, -0.05) is 20.8 Å². The van der Waals surface area contributed by atoms with Crippen LogP contribution >= 0.6 is 7.82 Å². The van der Waals surface area contributed by atoms with Crippen LogP contribution in [-0.4, -0.2) is 56.5 Å². The van der Waals surface area contributed by atoms with Crippen molar-refractivity contribution in [1.29, 1.82) is 0 Å². The largest absolute Gasteiger partial charge is 0.481 e. The third-order valence-electron chi connectivity index (χ3n) is 7.35. The first-order chi connectivity index (χ1) is 11.0. The summed E-state index contributed by atoms with van der Waals surface area (Å²) < 4.78 is 16.3. The van der Waals surface area contributed by atoms with Gasteiger partial charge >= 0.3 is 13.8 Å². The average molecular weight is 378 g/mol. The van der Waals surface area contributed by atoms with E-state index in [0.717, 1.165) is 6.54 Å². The second-order valence-corrected chi connectivity index (χ2v) is 10.4. The molecule has 0 spiro atoms. The van der Waals surface area contributed by atoms with Gasteiger partial charge in [-0.25, -0.2) is 4.57 Å². The number of phosphoric ester groups is 1. The molecule has 0 saturated carbocycles. The van der Waals surface area contributed by atoms with Gasteiger partial charge in [0.15, 0.2) is 0 Å². The first-order valence-electron chi connectivity index (χ1n) is 8.43. The lowest BCUT2D eigenvalue weighted by Crippen LogP contribution is -2.91. The van der Waals surface area contributed by atoms with E-state index in [2.05, 4.69) is 11.8 Å². The number of aliphatic carboxylic acids is 1. The summed E-state index contributed by atoms with van der Waals surface area (Å²) in [5.41, 5.74) is 2.33. The van der Waals surface area contributed by atoms with Crippen LogP contribution in [0.15, 0.2) is 0 Å². The molecule has 5 N–H and O–H groups in total. The molecule has 2 rings (SSSR count). The fourth-order valence-corrected chi connectivity index (χ4v) is 5.99. The Kier molecular flexibility index (Phi) is 4.58. The summed E-state index contributed by atoms with van der Waals surface area (Å²) in [6.07, 6.45) is 0.303. The zero-order valence-corrected chi connectivity index (χ0v) is 16.8. The Morgan fingerprint density at radius 1 is 1.24 bits per heavy atom. The van der Waals surface area contributed by atoms with Crippen LogP contribution in [0.25, 0.3) is 0 Å². The van der Waals surface area contributed by atoms with Crippen LogP contribution in [0.1, 0.15) is 48.0 Å². The SMILES string of the molecule is CC(CN)(CC(C)(C)C1(C)CN2CC(C)(C(=O)O)C21C)OP(=O)(O)O. The fourth-order valence-electron chi connectivity index (χ4n) is 5.28. The number of nitrogens with two attached hydrogens (primary N) is 1. The summed E-state index contributed by atoms with van der Waals surface area (Å²) in [4.78, 5) is 32.5. The van der Waals surface area contributed by atoms with E-state index in [1.165, 1.54) is 0 Å². The molecule has 2 aliphatic rings. The molecule has 2 aliphatic heterocycles. The number of fused-ring (bicyclic) bond motifs is 1. The van der Waals surface area contributed by atoms with Crippen molar-refractivity contribution in [3.05, 3.63) is 0 Å². The molecule has 146 valence electrons. The summed E-state index contributed by atoms with van der Waals surface area (Å²) in [6.45, 7) is 12.6. The van der Waals surface area contributed by atoms with Gasteiger partial charge in [-0.15, -0.1) is 0 Å². The monoisotopic (exact) mass is 378 g/mol. The van der Waals surface area contributed by atoms with E-state index in [1.807, 2.05) is 20.8 Å². The number of hydrogen-bond acceptors (Lipinski definition) is 5. The van der Waals surface area contributed by atoms with Gasteiger partial charge in [-0.05, 0) is 32.6 Å². The molecule has 0 amide bonds. The minimum absolute atomic E-state index is 0.0474. The predicted octanol–water partition coefficient (Wildman–Crippen LogP) is 1.41. The Labute approximate surface area is 149 Å². The Morgan fingerprint density at radius 3 is 2.12 bits per heavy atom. The molecule has 8 nitrogen and oxygen atoms in total. The Bertz CT molecular complexity index is 636. The predicted molar refractivity (Wildman–Crippen MR) is 92.8 cm³/mol. The van der Waals surface area contributed by atoms with Crippen LogP contribution in [0, 0.1) is 16.2 Å². The third kappa shape index (κ3) is 2.69. The van der Waals surface area contributed by atoms with Crippen LogP contribution in [0.3, 0.4) is 0 Å². The third-order valence-corrected chi connectivity index (χ3v) is 8.03. The Morgan fingerprint density at radius 2 is 1.76 bits per heavy atom. The average Bonchev–Trinajstić information content (AvgIpc) is 2.42. The summed E-state index contributed by atoms with van der Waals surface area (Å²) in [6, 6.07) is 0. The topological polar surface area (TPSA) is 133 Å². The minimum atomic E-state index is -4.69. The van der Waals surface area contributed by atoms with Crippen molar-refractivity contribution >= 4 is 13.8 Å². The van der Waals surface area contributed by atoms with Gasteiger partial charge in [0.2, 0.25) is 0 Å². The second kappa shape index (κ2) is 5.50. The van der Waals surface area contributed by atoms with Crippen molar-refractivity contribution in [3.63, 3.8) is 0 Å². The quantitative estimate of drug-likeness (QED) is 0.489. The van der Waals surface area contributed by atoms with Crippen LogP contribution in [0.4, 0.5) is 0 Å². The second-order valence-electron chi connectivity index (χ2n) is 9.19. The molecule has 9 heteroatoms.